The van der Waals surface area contributed by atoms with E-state index < -0.39 is 0 Å². The predicted octanol–water partition coefficient (Wildman–Crippen LogP) is 3.36. The van der Waals surface area contributed by atoms with Crippen LogP contribution in [0.25, 0.3) is 11.0 Å². The first kappa shape index (κ1) is 15.4. The van der Waals surface area contributed by atoms with E-state index in [9.17, 15) is 0 Å². The Morgan fingerprint density at radius 3 is 3.18 bits per heavy atom. The molecule has 0 bridgehead atoms. The van der Waals surface area contributed by atoms with Crippen molar-refractivity contribution in [2.45, 2.75) is 38.6 Å². The lowest BCUT2D eigenvalue weighted by atomic mass is 10.1. The molecule has 0 unspecified atom stereocenters. The molecule has 1 aliphatic rings. The summed E-state index contributed by atoms with van der Waals surface area (Å²) in [4.78, 5) is 9.97. The number of rotatable bonds is 5. The zero-order valence-corrected chi connectivity index (χ0v) is 13.8. The molecule has 5 nitrogen and oxygen atoms in total. The van der Waals surface area contributed by atoms with Crippen molar-refractivity contribution < 1.29 is 0 Å². The van der Waals surface area contributed by atoms with Crippen LogP contribution in [0.1, 0.15) is 32.6 Å². The Morgan fingerprint density at radius 1 is 1.55 bits per heavy atom. The minimum Gasteiger partial charge on any atom is -0.383 e. The van der Waals surface area contributed by atoms with E-state index in [1.54, 1.807) is 6.20 Å². The van der Waals surface area contributed by atoms with Gasteiger partial charge < -0.3 is 20.9 Å². The smallest absolute Gasteiger partial charge is 0.141 e. The van der Waals surface area contributed by atoms with Crippen LogP contribution in [-0.4, -0.2) is 35.6 Å². The Labute approximate surface area is 136 Å². The highest BCUT2D eigenvalue weighted by atomic mass is 35.5. The van der Waals surface area contributed by atoms with Crippen molar-refractivity contribution in [2.75, 3.05) is 29.9 Å². The lowest BCUT2D eigenvalue weighted by Crippen LogP contribution is -2.43. The number of hydrogen-bond donors (Lipinski definition) is 3. The molecular formula is C16H24ClN5. The van der Waals surface area contributed by atoms with Crippen molar-refractivity contribution in [2.24, 2.45) is 5.73 Å². The Morgan fingerprint density at radius 2 is 2.41 bits per heavy atom. The average molecular weight is 322 g/mol. The number of aromatic amines is 1. The molecule has 0 radical (unpaired) electrons. The molecule has 22 heavy (non-hydrogen) atoms. The monoisotopic (exact) mass is 321 g/mol. The molecule has 0 saturated carbocycles. The lowest BCUT2D eigenvalue weighted by Gasteiger charge is -2.33. The summed E-state index contributed by atoms with van der Waals surface area (Å²) in [5, 5.41) is 5.27. The van der Waals surface area contributed by atoms with Gasteiger partial charge in [-0.05, 0) is 19.3 Å². The molecule has 6 heteroatoms. The van der Waals surface area contributed by atoms with Gasteiger partial charge in [-0.25, -0.2) is 4.98 Å². The number of pyridine rings is 1. The van der Waals surface area contributed by atoms with Gasteiger partial charge in [0.1, 0.15) is 5.65 Å². The first-order chi connectivity index (χ1) is 10.7. The molecule has 1 saturated heterocycles. The number of nitrogens with one attached hydrogen (secondary N) is 2. The molecule has 1 fully saturated rings. The van der Waals surface area contributed by atoms with E-state index in [0.717, 1.165) is 61.3 Å². The predicted molar refractivity (Wildman–Crippen MR) is 93.9 cm³/mol. The second-order valence-corrected chi connectivity index (χ2v) is 6.42. The molecule has 0 amide bonds. The number of halogens is 1. The van der Waals surface area contributed by atoms with Gasteiger partial charge in [0.2, 0.25) is 0 Å². The normalized spacial score (nSPS) is 18.9. The molecule has 3 heterocycles. The highest BCUT2D eigenvalue weighted by molar-refractivity contribution is 6.35. The van der Waals surface area contributed by atoms with E-state index >= 15 is 0 Å². The largest absolute Gasteiger partial charge is 0.383 e. The van der Waals surface area contributed by atoms with Crippen molar-refractivity contribution in [1.29, 1.82) is 0 Å². The zero-order valence-electron chi connectivity index (χ0n) is 13.0. The van der Waals surface area contributed by atoms with Crippen LogP contribution in [0.3, 0.4) is 0 Å². The Kier molecular flexibility index (Phi) is 4.74. The van der Waals surface area contributed by atoms with Crippen LogP contribution in [-0.2, 0) is 0 Å². The number of unbranched alkanes of at least 4 members (excludes halogenated alkanes) is 1. The third-order valence-corrected chi connectivity index (χ3v) is 4.53. The quantitative estimate of drug-likeness (QED) is 0.739. The van der Waals surface area contributed by atoms with Gasteiger partial charge in [-0.2, -0.15) is 0 Å². The van der Waals surface area contributed by atoms with Gasteiger partial charge in [0.25, 0.3) is 0 Å². The number of hydrogen-bond acceptors (Lipinski definition) is 4. The summed E-state index contributed by atoms with van der Waals surface area (Å²) < 4.78 is 0. The topological polar surface area (TPSA) is 70.0 Å². The number of piperidine rings is 1. The van der Waals surface area contributed by atoms with Crippen LogP contribution >= 0.6 is 11.6 Å². The van der Waals surface area contributed by atoms with Crippen molar-refractivity contribution in [3.8, 4) is 0 Å². The van der Waals surface area contributed by atoms with E-state index in [2.05, 4.69) is 27.1 Å². The second kappa shape index (κ2) is 6.75. The van der Waals surface area contributed by atoms with Gasteiger partial charge >= 0.3 is 0 Å². The molecule has 4 N–H and O–H groups in total. The fourth-order valence-electron chi connectivity index (χ4n) is 3.12. The fourth-order valence-corrected chi connectivity index (χ4v) is 3.38. The van der Waals surface area contributed by atoms with Gasteiger partial charge in [0.15, 0.2) is 0 Å². The van der Waals surface area contributed by atoms with Crippen molar-refractivity contribution in [3.63, 3.8) is 0 Å². The molecule has 3 rings (SSSR count). The summed E-state index contributed by atoms with van der Waals surface area (Å²) in [6.07, 6.45) is 8.21. The van der Waals surface area contributed by atoms with E-state index in [-0.39, 0.29) is 6.04 Å². The maximum atomic E-state index is 6.49. The number of nitrogens with zero attached hydrogens (tertiary/aromatic N) is 2. The van der Waals surface area contributed by atoms with E-state index in [1.807, 2.05) is 6.20 Å². The zero-order chi connectivity index (χ0) is 15.5. The third-order valence-electron chi connectivity index (χ3n) is 4.25. The summed E-state index contributed by atoms with van der Waals surface area (Å²) in [5.74, 6) is 0. The molecule has 120 valence electrons. The Bertz CT molecular complexity index is 639. The highest BCUT2D eigenvalue weighted by Gasteiger charge is 2.23. The molecule has 2 aromatic rings. The van der Waals surface area contributed by atoms with Crippen molar-refractivity contribution in [1.82, 2.24) is 9.97 Å². The van der Waals surface area contributed by atoms with Gasteiger partial charge in [0, 0.05) is 31.9 Å². The number of fused-ring (bicyclic) bond motifs is 1. The lowest BCUT2D eigenvalue weighted by molar-refractivity contribution is 0.507. The van der Waals surface area contributed by atoms with Crippen LogP contribution in [0.15, 0.2) is 12.4 Å². The van der Waals surface area contributed by atoms with Gasteiger partial charge in [0.05, 0.1) is 28.0 Å². The molecule has 2 aromatic heterocycles. The molecule has 1 aliphatic heterocycles. The summed E-state index contributed by atoms with van der Waals surface area (Å²) in [6, 6.07) is 0.212. The highest BCUT2D eigenvalue weighted by Crippen LogP contribution is 2.38. The number of H-pyrrole nitrogens is 1. The number of aromatic nitrogens is 2. The van der Waals surface area contributed by atoms with E-state index in [4.69, 9.17) is 17.3 Å². The molecule has 1 atom stereocenters. The maximum absolute atomic E-state index is 6.49. The van der Waals surface area contributed by atoms with Crippen LogP contribution in [0, 0.1) is 0 Å². The van der Waals surface area contributed by atoms with Crippen LogP contribution < -0.4 is 16.0 Å². The molecule has 0 spiro atoms. The Balaban J connectivity index is 1.99. The molecule has 0 aliphatic carbocycles. The van der Waals surface area contributed by atoms with E-state index in [1.165, 1.54) is 6.42 Å². The van der Waals surface area contributed by atoms with Crippen LogP contribution in [0.2, 0.25) is 5.02 Å². The van der Waals surface area contributed by atoms with Crippen molar-refractivity contribution in [3.05, 3.63) is 17.4 Å². The first-order valence-corrected chi connectivity index (χ1v) is 8.48. The molecular weight excluding hydrogens is 298 g/mol. The first-order valence-electron chi connectivity index (χ1n) is 8.10. The van der Waals surface area contributed by atoms with Gasteiger partial charge in [-0.15, -0.1) is 0 Å². The van der Waals surface area contributed by atoms with E-state index in [0.29, 0.717) is 5.02 Å². The van der Waals surface area contributed by atoms with Crippen molar-refractivity contribution >= 4 is 34.0 Å². The summed E-state index contributed by atoms with van der Waals surface area (Å²) in [5.41, 5.74) is 9.15. The minimum absolute atomic E-state index is 0.212. The SMILES string of the molecule is CCCCNc1c[nH]c2ncc(Cl)c(N3CCC[C@@H](N)C3)c12. The van der Waals surface area contributed by atoms with Crippen LogP contribution in [0.4, 0.5) is 11.4 Å². The second-order valence-electron chi connectivity index (χ2n) is 6.01. The van der Waals surface area contributed by atoms with Crippen LogP contribution in [0.5, 0.6) is 0 Å². The van der Waals surface area contributed by atoms with Gasteiger partial charge in [-0.3, -0.25) is 0 Å². The average Bonchev–Trinajstić information content (AvgIpc) is 2.91. The van der Waals surface area contributed by atoms with Gasteiger partial charge in [-0.1, -0.05) is 24.9 Å². The third kappa shape index (κ3) is 3.01. The standard InChI is InChI=1S/C16H24ClN5/c1-2-3-6-19-13-9-21-16-14(13)15(12(17)8-20-16)22-7-4-5-11(18)10-22/h8-9,11,19H,2-7,10,18H2,1H3,(H,20,21)/t11-/m1/s1. The minimum atomic E-state index is 0.212. The number of nitrogens with two attached hydrogens (primary N) is 1. The fraction of sp³-hybridized carbons (Fsp3) is 0.562. The molecule has 0 aromatic carbocycles. The maximum Gasteiger partial charge on any atom is 0.141 e. The summed E-state index contributed by atoms with van der Waals surface area (Å²) >= 11 is 6.49. The Hall–Kier alpha value is -1.46. The summed E-state index contributed by atoms with van der Waals surface area (Å²) in [6.45, 7) is 4.98. The number of anilines is 2. The summed E-state index contributed by atoms with van der Waals surface area (Å²) in [7, 11) is 0.